The largest absolute Gasteiger partial charge is 0.465 e. The Hall–Kier alpha value is -2.47. The topological polar surface area (TPSA) is 73.3 Å². The minimum Gasteiger partial charge on any atom is -0.465 e. The summed E-state index contributed by atoms with van der Waals surface area (Å²) in [5, 5.41) is 3.27. The molecule has 0 saturated carbocycles. The number of carbonyl (C=O) groups is 1. The molecule has 6 heteroatoms. The van der Waals surface area contributed by atoms with Gasteiger partial charge in [0.1, 0.15) is 17.7 Å². The lowest BCUT2D eigenvalue weighted by Crippen LogP contribution is -2.29. The van der Waals surface area contributed by atoms with Crippen LogP contribution in [0.25, 0.3) is 0 Å². The number of hydrogen-bond acceptors (Lipinski definition) is 6. The summed E-state index contributed by atoms with van der Waals surface area (Å²) in [5.41, 5.74) is 1.52. The third-order valence-corrected chi connectivity index (χ3v) is 4.22. The number of benzene rings is 1. The van der Waals surface area contributed by atoms with E-state index >= 15 is 0 Å². The van der Waals surface area contributed by atoms with Crippen LogP contribution in [0.15, 0.2) is 42.9 Å². The SMILES string of the molecule is COC(=O)c1cncnc1NC[C@H]1CCCO[C@@H]1c1ccccc1. The molecule has 1 fully saturated rings. The fourth-order valence-electron chi connectivity index (χ4n) is 3.02. The van der Waals surface area contributed by atoms with Crippen molar-refractivity contribution in [1.29, 1.82) is 0 Å². The number of carbonyl (C=O) groups excluding carboxylic acids is 1. The molecule has 2 heterocycles. The van der Waals surface area contributed by atoms with E-state index in [-0.39, 0.29) is 6.10 Å². The van der Waals surface area contributed by atoms with Crippen molar-refractivity contribution >= 4 is 11.8 Å². The molecule has 0 aliphatic carbocycles. The van der Waals surface area contributed by atoms with E-state index < -0.39 is 5.97 Å². The Balaban J connectivity index is 1.72. The quantitative estimate of drug-likeness (QED) is 0.851. The molecule has 1 aliphatic rings. The zero-order valence-electron chi connectivity index (χ0n) is 13.6. The number of aromatic nitrogens is 2. The molecule has 2 aromatic rings. The minimum atomic E-state index is -0.447. The molecule has 0 unspecified atom stereocenters. The Morgan fingerprint density at radius 2 is 2.21 bits per heavy atom. The number of rotatable bonds is 5. The van der Waals surface area contributed by atoms with Crippen molar-refractivity contribution in [1.82, 2.24) is 9.97 Å². The number of methoxy groups -OCH3 is 1. The molecule has 1 N–H and O–H groups in total. The first-order valence-electron chi connectivity index (χ1n) is 8.08. The van der Waals surface area contributed by atoms with Gasteiger partial charge in [-0.25, -0.2) is 14.8 Å². The monoisotopic (exact) mass is 327 g/mol. The molecule has 1 saturated heterocycles. The van der Waals surface area contributed by atoms with E-state index in [0.717, 1.165) is 19.4 Å². The van der Waals surface area contributed by atoms with Gasteiger partial charge in [0.25, 0.3) is 0 Å². The van der Waals surface area contributed by atoms with Crippen LogP contribution in [0.2, 0.25) is 0 Å². The van der Waals surface area contributed by atoms with E-state index in [1.165, 1.54) is 25.2 Å². The molecule has 1 aromatic carbocycles. The van der Waals surface area contributed by atoms with Crippen LogP contribution in [-0.4, -0.2) is 36.2 Å². The van der Waals surface area contributed by atoms with Crippen LogP contribution in [0.4, 0.5) is 5.82 Å². The standard InChI is InChI=1S/C18H21N3O3/c1-23-18(22)15-11-19-12-21-17(15)20-10-14-8-5-9-24-16(14)13-6-3-2-4-7-13/h2-4,6-7,11-12,14,16H,5,8-10H2,1H3,(H,19,20,21)/t14-,16-/m1/s1. The predicted molar refractivity (Wildman–Crippen MR) is 89.7 cm³/mol. The van der Waals surface area contributed by atoms with Crippen molar-refractivity contribution in [3.05, 3.63) is 54.0 Å². The molecule has 2 atom stereocenters. The van der Waals surface area contributed by atoms with Crippen LogP contribution >= 0.6 is 0 Å². The Bertz CT molecular complexity index is 678. The summed E-state index contributed by atoms with van der Waals surface area (Å²) in [6.45, 7) is 1.44. The van der Waals surface area contributed by atoms with E-state index in [2.05, 4.69) is 27.4 Å². The molecule has 0 bridgehead atoms. The highest BCUT2D eigenvalue weighted by molar-refractivity contribution is 5.94. The van der Waals surface area contributed by atoms with Crippen LogP contribution in [0.3, 0.4) is 0 Å². The second-order valence-electron chi connectivity index (χ2n) is 5.76. The normalized spacial score (nSPS) is 20.4. The van der Waals surface area contributed by atoms with Crippen molar-refractivity contribution in [2.45, 2.75) is 18.9 Å². The van der Waals surface area contributed by atoms with Crippen molar-refractivity contribution < 1.29 is 14.3 Å². The van der Waals surface area contributed by atoms with Crippen molar-refractivity contribution in [3.8, 4) is 0 Å². The number of ether oxygens (including phenoxy) is 2. The smallest absolute Gasteiger partial charge is 0.343 e. The third-order valence-electron chi connectivity index (χ3n) is 4.22. The van der Waals surface area contributed by atoms with Crippen LogP contribution in [0.5, 0.6) is 0 Å². The van der Waals surface area contributed by atoms with Gasteiger partial charge < -0.3 is 14.8 Å². The zero-order valence-corrected chi connectivity index (χ0v) is 13.6. The molecule has 0 radical (unpaired) electrons. The summed E-state index contributed by atoms with van der Waals surface area (Å²) in [6.07, 6.45) is 5.03. The first-order chi connectivity index (χ1) is 11.8. The molecule has 1 aromatic heterocycles. The van der Waals surface area contributed by atoms with Gasteiger partial charge in [0.05, 0.1) is 13.2 Å². The number of hydrogen-bond donors (Lipinski definition) is 1. The number of nitrogens with zero attached hydrogens (tertiary/aromatic N) is 2. The van der Waals surface area contributed by atoms with Gasteiger partial charge in [-0.2, -0.15) is 0 Å². The second-order valence-corrected chi connectivity index (χ2v) is 5.76. The molecule has 1 aliphatic heterocycles. The predicted octanol–water partition coefficient (Wildman–Crippen LogP) is 2.84. The third kappa shape index (κ3) is 3.71. The van der Waals surface area contributed by atoms with E-state index in [4.69, 9.17) is 9.47 Å². The van der Waals surface area contributed by atoms with Gasteiger partial charge in [0.15, 0.2) is 0 Å². The fraction of sp³-hybridized carbons (Fsp3) is 0.389. The Labute approximate surface area is 141 Å². The van der Waals surface area contributed by atoms with Crippen LogP contribution in [-0.2, 0) is 9.47 Å². The molecule has 3 rings (SSSR count). The molecule has 24 heavy (non-hydrogen) atoms. The Morgan fingerprint density at radius 1 is 1.38 bits per heavy atom. The van der Waals surface area contributed by atoms with Crippen molar-refractivity contribution in [2.75, 3.05) is 25.6 Å². The number of nitrogens with one attached hydrogen (secondary N) is 1. The van der Waals surface area contributed by atoms with Crippen LogP contribution in [0, 0.1) is 5.92 Å². The maximum atomic E-state index is 11.8. The van der Waals surface area contributed by atoms with Gasteiger partial charge in [-0.3, -0.25) is 0 Å². The van der Waals surface area contributed by atoms with E-state index in [1.54, 1.807) is 0 Å². The maximum absolute atomic E-state index is 11.8. The average Bonchev–Trinajstić information content (AvgIpc) is 2.67. The summed E-state index contributed by atoms with van der Waals surface area (Å²) < 4.78 is 10.8. The number of anilines is 1. The van der Waals surface area contributed by atoms with E-state index in [9.17, 15) is 4.79 Å². The Kier molecular flexibility index (Phi) is 5.38. The van der Waals surface area contributed by atoms with Gasteiger partial charge in [-0.05, 0) is 18.4 Å². The second kappa shape index (κ2) is 7.88. The highest BCUT2D eigenvalue weighted by Crippen LogP contribution is 2.33. The van der Waals surface area contributed by atoms with Crippen molar-refractivity contribution in [3.63, 3.8) is 0 Å². The van der Waals surface area contributed by atoms with Crippen LogP contribution in [0.1, 0.15) is 34.9 Å². The van der Waals surface area contributed by atoms with Gasteiger partial charge in [0.2, 0.25) is 0 Å². The van der Waals surface area contributed by atoms with Gasteiger partial charge in [-0.15, -0.1) is 0 Å². The summed E-state index contributed by atoms with van der Waals surface area (Å²) in [5.74, 6) is 0.355. The van der Waals surface area contributed by atoms with E-state index in [1.807, 2.05) is 18.2 Å². The van der Waals surface area contributed by atoms with Gasteiger partial charge in [-0.1, -0.05) is 30.3 Å². The zero-order chi connectivity index (χ0) is 16.8. The van der Waals surface area contributed by atoms with E-state index in [0.29, 0.717) is 23.8 Å². The Morgan fingerprint density at radius 3 is 3.00 bits per heavy atom. The number of esters is 1. The molecule has 126 valence electrons. The average molecular weight is 327 g/mol. The summed E-state index contributed by atoms with van der Waals surface area (Å²) >= 11 is 0. The first kappa shape index (κ1) is 16.4. The molecular weight excluding hydrogens is 306 g/mol. The highest BCUT2D eigenvalue weighted by atomic mass is 16.5. The summed E-state index contributed by atoms with van der Waals surface area (Å²) in [6, 6.07) is 10.2. The first-order valence-corrected chi connectivity index (χ1v) is 8.08. The van der Waals surface area contributed by atoms with Gasteiger partial charge in [0, 0.05) is 25.3 Å². The summed E-state index contributed by atoms with van der Waals surface area (Å²) in [4.78, 5) is 19.9. The lowest BCUT2D eigenvalue weighted by atomic mass is 9.89. The lowest BCUT2D eigenvalue weighted by molar-refractivity contribution is -0.0238. The molecular formula is C18H21N3O3. The molecule has 0 spiro atoms. The lowest BCUT2D eigenvalue weighted by Gasteiger charge is -2.32. The fourth-order valence-corrected chi connectivity index (χ4v) is 3.02. The highest BCUT2D eigenvalue weighted by Gasteiger charge is 2.27. The molecule has 0 amide bonds. The maximum Gasteiger partial charge on any atom is 0.343 e. The van der Waals surface area contributed by atoms with Crippen LogP contribution < -0.4 is 5.32 Å². The van der Waals surface area contributed by atoms with Gasteiger partial charge >= 0.3 is 5.97 Å². The minimum absolute atomic E-state index is 0.0517. The molecule has 6 nitrogen and oxygen atoms in total. The van der Waals surface area contributed by atoms with Crippen molar-refractivity contribution in [2.24, 2.45) is 5.92 Å². The summed E-state index contributed by atoms with van der Waals surface area (Å²) in [7, 11) is 1.35.